The van der Waals surface area contributed by atoms with Crippen molar-refractivity contribution in [3.8, 4) is 0 Å². The zero-order valence-corrected chi connectivity index (χ0v) is 10.7. The molecular formula is C12H21NO4. The third-order valence-electron chi connectivity index (χ3n) is 3.18. The minimum absolute atomic E-state index is 0.0234. The van der Waals surface area contributed by atoms with E-state index in [4.69, 9.17) is 9.84 Å². The van der Waals surface area contributed by atoms with Gasteiger partial charge in [-0.05, 0) is 19.8 Å². The summed E-state index contributed by atoms with van der Waals surface area (Å²) in [7, 11) is 1.67. The topological polar surface area (TPSA) is 66.8 Å². The van der Waals surface area contributed by atoms with Crippen LogP contribution in [-0.2, 0) is 14.3 Å². The van der Waals surface area contributed by atoms with Gasteiger partial charge in [-0.1, -0.05) is 6.92 Å². The zero-order valence-electron chi connectivity index (χ0n) is 10.7. The van der Waals surface area contributed by atoms with Gasteiger partial charge in [-0.15, -0.1) is 0 Å². The van der Waals surface area contributed by atoms with E-state index in [0.717, 1.165) is 12.8 Å². The van der Waals surface area contributed by atoms with Gasteiger partial charge in [0, 0.05) is 26.1 Å². The predicted octanol–water partition coefficient (Wildman–Crippen LogP) is 0.981. The van der Waals surface area contributed by atoms with Crippen molar-refractivity contribution in [2.24, 2.45) is 11.8 Å². The Kier molecular flexibility index (Phi) is 4.93. The summed E-state index contributed by atoms with van der Waals surface area (Å²) in [6.07, 6.45) is 1.57. The highest BCUT2D eigenvalue weighted by molar-refractivity contribution is 5.79. The molecule has 1 rings (SSSR count). The van der Waals surface area contributed by atoms with Crippen LogP contribution in [0.4, 0.5) is 0 Å². The van der Waals surface area contributed by atoms with Crippen molar-refractivity contribution in [3.63, 3.8) is 0 Å². The van der Waals surface area contributed by atoms with E-state index in [9.17, 15) is 9.59 Å². The van der Waals surface area contributed by atoms with Crippen molar-refractivity contribution < 1.29 is 19.4 Å². The lowest BCUT2D eigenvalue weighted by molar-refractivity contribution is -0.144. The molecule has 98 valence electrons. The van der Waals surface area contributed by atoms with E-state index in [-0.39, 0.29) is 24.5 Å². The lowest BCUT2D eigenvalue weighted by atomic mass is 9.94. The summed E-state index contributed by atoms with van der Waals surface area (Å²) in [5.74, 6) is -1.38. The summed E-state index contributed by atoms with van der Waals surface area (Å²) in [4.78, 5) is 24.3. The summed E-state index contributed by atoms with van der Waals surface area (Å²) < 4.78 is 5.39. The van der Waals surface area contributed by atoms with E-state index in [1.54, 1.807) is 14.0 Å². The number of carboxylic acids is 1. The van der Waals surface area contributed by atoms with Gasteiger partial charge in [0.1, 0.15) is 0 Å². The molecule has 1 amide bonds. The fourth-order valence-corrected chi connectivity index (χ4v) is 2.11. The van der Waals surface area contributed by atoms with Crippen LogP contribution in [0.15, 0.2) is 0 Å². The predicted molar refractivity (Wildman–Crippen MR) is 62.6 cm³/mol. The Balaban J connectivity index is 2.48. The highest BCUT2D eigenvalue weighted by Gasteiger charge is 2.28. The Hall–Kier alpha value is -1.10. The molecule has 1 fully saturated rings. The third-order valence-corrected chi connectivity index (χ3v) is 3.18. The van der Waals surface area contributed by atoms with Crippen LogP contribution >= 0.6 is 0 Å². The average molecular weight is 243 g/mol. The molecule has 0 radical (unpaired) electrons. The van der Waals surface area contributed by atoms with Crippen LogP contribution in [0, 0.1) is 11.8 Å². The van der Waals surface area contributed by atoms with Crippen LogP contribution in [0.5, 0.6) is 0 Å². The fourth-order valence-electron chi connectivity index (χ4n) is 2.11. The van der Waals surface area contributed by atoms with E-state index < -0.39 is 11.9 Å². The van der Waals surface area contributed by atoms with Gasteiger partial charge in [-0.2, -0.15) is 0 Å². The zero-order chi connectivity index (χ0) is 13.0. The van der Waals surface area contributed by atoms with E-state index in [0.29, 0.717) is 6.61 Å². The van der Waals surface area contributed by atoms with Gasteiger partial charge in [-0.3, -0.25) is 9.59 Å². The number of nitrogens with zero attached hydrogens (tertiary/aromatic N) is 1. The Morgan fingerprint density at radius 2 is 2.18 bits per heavy atom. The monoisotopic (exact) mass is 243 g/mol. The molecule has 0 aromatic heterocycles. The van der Waals surface area contributed by atoms with E-state index >= 15 is 0 Å². The summed E-state index contributed by atoms with van der Waals surface area (Å²) in [6.45, 7) is 4.44. The second kappa shape index (κ2) is 6.00. The molecule has 0 aromatic carbocycles. The van der Waals surface area contributed by atoms with E-state index in [1.165, 1.54) is 4.90 Å². The SMILES string of the molecule is CC1CC(C(=O)N(C)CC(C)C(=O)O)CCO1. The standard InChI is InChI=1S/C12H21NO4/c1-8(12(15)16)7-13(3)11(14)10-4-5-17-9(2)6-10/h8-10H,4-7H2,1-3H3,(H,15,16). The molecule has 1 heterocycles. The van der Waals surface area contributed by atoms with Gasteiger partial charge < -0.3 is 14.7 Å². The van der Waals surface area contributed by atoms with Crippen molar-refractivity contribution in [1.29, 1.82) is 0 Å². The van der Waals surface area contributed by atoms with Gasteiger partial charge >= 0.3 is 5.97 Å². The number of amides is 1. The summed E-state index contributed by atoms with van der Waals surface area (Å²) in [6, 6.07) is 0. The van der Waals surface area contributed by atoms with Crippen molar-refractivity contribution in [3.05, 3.63) is 0 Å². The van der Waals surface area contributed by atoms with Crippen LogP contribution in [0.25, 0.3) is 0 Å². The number of carbonyl (C=O) groups is 2. The first kappa shape index (κ1) is 14.0. The first-order chi connectivity index (χ1) is 7.91. The van der Waals surface area contributed by atoms with Gasteiger partial charge in [-0.25, -0.2) is 0 Å². The minimum atomic E-state index is -0.870. The van der Waals surface area contributed by atoms with E-state index in [2.05, 4.69) is 0 Å². The van der Waals surface area contributed by atoms with Crippen LogP contribution in [0.3, 0.4) is 0 Å². The molecule has 1 saturated heterocycles. The quantitative estimate of drug-likeness (QED) is 0.799. The molecule has 0 aromatic rings. The third kappa shape index (κ3) is 4.00. The van der Waals surface area contributed by atoms with Gasteiger partial charge in [0.15, 0.2) is 0 Å². The Bertz CT molecular complexity index is 292. The highest BCUT2D eigenvalue weighted by Crippen LogP contribution is 2.22. The molecular weight excluding hydrogens is 222 g/mol. The molecule has 3 unspecified atom stereocenters. The van der Waals surface area contributed by atoms with Crippen molar-refractivity contribution >= 4 is 11.9 Å². The van der Waals surface area contributed by atoms with Crippen LogP contribution in [0.1, 0.15) is 26.7 Å². The number of carbonyl (C=O) groups excluding carboxylic acids is 1. The van der Waals surface area contributed by atoms with Crippen molar-refractivity contribution in [2.75, 3.05) is 20.2 Å². The smallest absolute Gasteiger partial charge is 0.308 e. The minimum Gasteiger partial charge on any atom is -0.481 e. The van der Waals surface area contributed by atoms with Crippen molar-refractivity contribution in [1.82, 2.24) is 4.90 Å². The molecule has 0 aliphatic carbocycles. The number of ether oxygens (including phenoxy) is 1. The maximum absolute atomic E-state index is 12.1. The molecule has 3 atom stereocenters. The highest BCUT2D eigenvalue weighted by atomic mass is 16.5. The molecule has 0 bridgehead atoms. The maximum Gasteiger partial charge on any atom is 0.308 e. The van der Waals surface area contributed by atoms with Crippen LogP contribution in [-0.4, -0.2) is 48.2 Å². The number of hydrogen-bond acceptors (Lipinski definition) is 3. The molecule has 1 N–H and O–H groups in total. The Labute approximate surface area is 102 Å². The molecule has 0 saturated carbocycles. The second-order valence-electron chi connectivity index (χ2n) is 4.86. The number of rotatable bonds is 4. The number of aliphatic carboxylic acids is 1. The van der Waals surface area contributed by atoms with Crippen LogP contribution < -0.4 is 0 Å². The lowest BCUT2D eigenvalue weighted by Gasteiger charge is -2.30. The summed E-state index contributed by atoms with van der Waals surface area (Å²) in [5.41, 5.74) is 0. The molecule has 5 nitrogen and oxygen atoms in total. The molecule has 1 aliphatic heterocycles. The summed E-state index contributed by atoms with van der Waals surface area (Å²) in [5, 5.41) is 8.81. The lowest BCUT2D eigenvalue weighted by Crippen LogP contribution is -2.40. The second-order valence-corrected chi connectivity index (χ2v) is 4.86. The fraction of sp³-hybridized carbons (Fsp3) is 0.833. The van der Waals surface area contributed by atoms with Gasteiger partial charge in [0.25, 0.3) is 0 Å². The van der Waals surface area contributed by atoms with E-state index in [1.807, 2.05) is 6.92 Å². The maximum atomic E-state index is 12.1. The number of carboxylic acid groups (broad SMARTS) is 1. The molecule has 5 heteroatoms. The Morgan fingerprint density at radius 3 is 2.71 bits per heavy atom. The normalized spacial score (nSPS) is 26.3. The molecule has 0 spiro atoms. The van der Waals surface area contributed by atoms with Crippen molar-refractivity contribution in [2.45, 2.75) is 32.8 Å². The molecule has 1 aliphatic rings. The molecule has 17 heavy (non-hydrogen) atoms. The first-order valence-electron chi connectivity index (χ1n) is 6.01. The average Bonchev–Trinajstić information content (AvgIpc) is 2.27. The summed E-state index contributed by atoms with van der Waals surface area (Å²) >= 11 is 0. The van der Waals surface area contributed by atoms with Gasteiger partial charge in [0.2, 0.25) is 5.91 Å². The Morgan fingerprint density at radius 1 is 1.53 bits per heavy atom. The van der Waals surface area contributed by atoms with Crippen LogP contribution in [0.2, 0.25) is 0 Å². The first-order valence-corrected chi connectivity index (χ1v) is 6.01. The largest absolute Gasteiger partial charge is 0.481 e. The number of hydrogen-bond donors (Lipinski definition) is 1. The van der Waals surface area contributed by atoms with Gasteiger partial charge in [0.05, 0.1) is 12.0 Å².